The van der Waals surface area contributed by atoms with Crippen LogP contribution in [0.2, 0.25) is 0 Å². The fourth-order valence-corrected chi connectivity index (χ4v) is 2.56. The highest BCUT2D eigenvalue weighted by atomic mass is 16.5. The second-order valence-corrected chi connectivity index (χ2v) is 5.08. The van der Waals surface area contributed by atoms with Crippen molar-refractivity contribution in [1.29, 1.82) is 0 Å². The Kier molecular flexibility index (Phi) is 3.79. The van der Waals surface area contributed by atoms with Gasteiger partial charge >= 0.3 is 5.97 Å². The van der Waals surface area contributed by atoms with Crippen molar-refractivity contribution in [2.75, 3.05) is 25.1 Å². The fourth-order valence-electron chi connectivity index (χ4n) is 2.56. The van der Waals surface area contributed by atoms with E-state index in [1.54, 1.807) is 6.20 Å². The Morgan fingerprint density at radius 3 is 2.67 bits per heavy atom. The van der Waals surface area contributed by atoms with Crippen LogP contribution < -0.4 is 4.90 Å². The number of hydrogen-bond acceptors (Lipinski definition) is 5. The van der Waals surface area contributed by atoms with Crippen LogP contribution in [0.3, 0.4) is 0 Å². The van der Waals surface area contributed by atoms with Crippen LogP contribution in [0.15, 0.2) is 12.3 Å². The summed E-state index contributed by atoms with van der Waals surface area (Å²) in [6.45, 7) is 6.43. The smallest absolute Gasteiger partial charge is 0.376 e. The van der Waals surface area contributed by atoms with Crippen LogP contribution in [-0.2, 0) is 4.74 Å². The average molecular weight is 249 g/mol. The van der Waals surface area contributed by atoms with Crippen molar-refractivity contribution in [1.82, 2.24) is 9.97 Å². The number of ether oxygens (including phenoxy) is 1. The highest BCUT2D eigenvalue weighted by Crippen LogP contribution is 2.24. The molecule has 1 aromatic heterocycles. The third-order valence-electron chi connectivity index (χ3n) is 3.20. The van der Waals surface area contributed by atoms with Gasteiger partial charge in [0.05, 0.1) is 7.11 Å². The lowest BCUT2D eigenvalue weighted by molar-refractivity contribution is 0.0586. The normalized spacial score (nSPS) is 23.8. The van der Waals surface area contributed by atoms with Crippen molar-refractivity contribution in [2.45, 2.75) is 20.3 Å². The minimum Gasteiger partial charge on any atom is -0.463 e. The highest BCUT2D eigenvalue weighted by Gasteiger charge is 2.23. The minimum atomic E-state index is -0.491. The Balaban J connectivity index is 2.20. The Hall–Kier alpha value is -1.65. The van der Waals surface area contributed by atoms with Crippen LogP contribution in [0.25, 0.3) is 0 Å². The Morgan fingerprint density at radius 1 is 1.39 bits per heavy atom. The predicted molar refractivity (Wildman–Crippen MR) is 68.5 cm³/mol. The number of nitrogens with zero attached hydrogens (tertiary/aromatic N) is 3. The van der Waals surface area contributed by atoms with E-state index in [9.17, 15) is 4.79 Å². The summed E-state index contributed by atoms with van der Waals surface area (Å²) in [5.74, 6) is 1.73. The molecule has 0 bridgehead atoms. The van der Waals surface area contributed by atoms with E-state index in [1.807, 2.05) is 6.07 Å². The summed E-state index contributed by atoms with van der Waals surface area (Å²) in [5, 5.41) is 0. The van der Waals surface area contributed by atoms with Crippen LogP contribution >= 0.6 is 0 Å². The molecule has 2 rings (SSSR count). The Bertz CT molecular complexity index is 426. The van der Waals surface area contributed by atoms with Crippen molar-refractivity contribution in [3.8, 4) is 0 Å². The average Bonchev–Trinajstić information content (AvgIpc) is 2.37. The lowest BCUT2D eigenvalue weighted by atomic mass is 9.92. The molecule has 2 atom stereocenters. The molecule has 98 valence electrons. The molecule has 5 nitrogen and oxygen atoms in total. The molecule has 0 aromatic carbocycles. The molecule has 1 saturated heterocycles. The molecular formula is C13H19N3O2. The lowest BCUT2D eigenvalue weighted by Crippen LogP contribution is -2.39. The highest BCUT2D eigenvalue weighted by molar-refractivity contribution is 5.85. The maximum atomic E-state index is 11.4. The molecule has 18 heavy (non-hydrogen) atoms. The summed E-state index contributed by atoms with van der Waals surface area (Å²) in [5.41, 5.74) is 0. The fraction of sp³-hybridized carbons (Fsp3) is 0.615. The van der Waals surface area contributed by atoms with Gasteiger partial charge in [0.2, 0.25) is 5.82 Å². The summed E-state index contributed by atoms with van der Waals surface area (Å²) >= 11 is 0. The monoisotopic (exact) mass is 249 g/mol. The lowest BCUT2D eigenvalue weighted by Gasteiger charge is -2.35. The predicted octanol–water partition coefficient (Wildman–Crippen LogP) is 1.75. The van der Waals surface area contributed by atoms with Crippen LogP contribution in [0.4, 0.5) is 5.82 Å². The molecule has 0 aliphatic carbocycles. The largest absolute Gasteiger partial charge is 0.463 e. The summed E-state index contributed by atoms with van der Waals surface area (Å²) in [6, 6.07) is 1.84. The zero-order valence-electron chi connectivity index (χ0n) is 11.1. The van der Waals surface area contributed by atoms with E-state index in [4.69, 9.17) is 0 Å². The first-order valence-electron chi connectivity index (χ1n) is 6.26. The van der Waals surface area contributed by atoms with Gasteiger partial charge in [0.1, 0.15) is 5.82 Å². The van der Waals surface area contributed by atoms with E-state index < -0.39 is 5.97 Å². The maximum Gasteiger partial charge on any atom is 0.376 e. The number of carbonyl (C=O) groups excluding carboxylic acids is 1. The van der Waals surface area contributed by atoms with Crippen molar-refractivity contribution >= 4 is 11.8 Å². The van der Waals surface area contributed by atoms with E-state index in [2.05, 4.69) is 33.5 Å². The van der Waals surface area contributed by atoms with Gasteiger partial charge in [0, 0.05) is 19.3 Å². The number of aromatic nitrogens is 2. The number of esters is 1. The number of carbonyl (C=O) groups is 1. The van der Waals surface area contributed by atoms with Gasteiger partial charge in [0.15, 0.2) is 0 Å². The Labute approximate surface area is 107 Å². The van der Waals surface area contributed by atoms with Crippen LogP contribution in [0.1, 0.15) is 30.9 Å². The molecule has 2 unspecified atom stereocenters. The van der Waals surface area contributed by atoms with Gasteiger partial charge in [-0.3, -0.25) is 0 Å². The zero-order valence-corrected chi connectivity index (χ0v) is 11.1. The maximum absolute atomic E-state index is 11.4. The molecular weight excluding hydrogens is 230 g/mol. The minimum absolute atomic E-state index is 0.126. The molecule has 0 saturated carbocycles. The Morgan fingerprint density at radius 2 is 2.06 bits per heavy atom. The van der Waals surface area contributed by atoms with Gasteiger partial charge in [0.25, 0.3) is 0 Å². The summed E-state index contributed by atoms with van der Waals surface area (Å²) in [7, 11) is 1.34. The van der Waals surface area contributed by atoms with E-state index in [0.29, 0.717) is 11.8 Å². The molecule has 0 amide bonds. The number of anilines is 1. The van der Waals surface area contributed by atoms with Crippen LogP contribution in [-0.4, -0.2) is 36.1 Å². The van der Waals surface area contributed by atoms with Gasteiger partial charge in [-0.15, -0.1) is 0 Å². The molecule has 1 aliphatic rings. The topological polar surface area (TPSA) is 55.3 Å². The number of methoxy groups -OCH3 is 1. The quantitative estimate of drug-likeness (QED) is 0.747. The molecule has 0 spiro atoms. The SMILES string of the molecule is COC(=O)c1nccc(N2CC(C)CC(C)C2)n1. The van der Waals surface area contributed by atoms with Crippen LogP contribution in [0.5, 0.6) is 0 Å². The third-order valence-corrected chi connectivity index (χ3v) is 3.20. The van der Waals surface area contributed by atoms with E-state index in [-0.39, 0.29) is 5.82 Å². The van der Waals surface area contributed by atoms with E-state index in [1.165, 1.54) is 13.5 Å². The van der Waals surface area contributed by atoms with Gasteiger partial charge < -0.3 is 9.64 Å². The van der Waals surface area contributed by atoms with Gasteiger partial charge in [-0.2, -0.15) is 0 Å². The molecule has 2 heterocycles. The van der Waals surface area contributed by atoms with E-state index in [0.717, 1.165) is 18.9 Å². The standard InChI is InChI=1S/C13H19N3O2/c1-9-6-10(2)8-16(7-9)11-4-5-14-12(15-11)13(17)18-3/h4-5,9-10H,6-8H2,1-3H3. The first-order valence-corrected chi connectivity index (χ1v) is 6.26. The number of piperidine rings is 1. The second kappa shape index (κ2) is 5.33. The van der Waals surface area contributed by atoms with Crippen molar-refractivity contribution in [2.24, 2.45) is 11.8 Å². The molecule has 1 aliphatic heterocycles. The van der Waals surface area contributed by atoms with Crippen molar-refractivity contribution in [3.63, 3.8) is 0 Å². The van der Waals surface area contributed by atoms with Crippen molar-refractivity contribution in [3.05, 3.63) is 18.1 Å². The number of rotatable bonds is 2. The van der Waals surface area contributed by atoms with Gasteiger partial charge in [-0.1, -0.05) is 13.8 Å². The molecule has 1 aromatic rings. The van der Waals surface area contributed by atoms with Gasteiger partial charge in [-0.05, 0) is 24.3 Å². The third kappa shape index (κ3) is 2.78. The number of hydrogen-bond donors (Lipinski definition) is 0. The summed E-state index contributed by atoms with van der Waals surface area (Å²) < 4.78 is 4.64. The molecule has 0 N–H and O–H groups in total. The van der Waals surface area contributed by atoms with Crippen LogP contribution in [0, 0.1) is 11.8 Å². The zero-order chi connectivity index (χ0) is 13.1. The molecule has 5 heteroatoms. The summed E-state index contributed by atoms with van der Waals surface area (Å²) in [6.07, 6.45) is 2.85. The van der Waals surface area contributed by atoms with E-state index >= 15 is 0 Å². The molecule has 1 fully saturated rings. The molecule has 0 radical (unpaired) electrons. The van der Waals surface area contributed by atoms with Crippen molar-refractivity contribution < 1.29 is 9.53 Å². The first-order chi connectivity index (χ1) is 8.60. The van der Waals surface area contributed by atoms with Gasteiger partial charge in [-0.25, -0.2) is 14.8 Å². The first kappa shape index (κ1) is 12.8. The second-order valence-electron chi connectivity index (χ2n) is 5.08. The summed E-state index contributed by atoms with van der Waals surface area (Å²) in [4.78, 5) is 21.8.